The zero-order valence-electron chi connectivity index (χ0n) is 12.4. The van der Waals surface area contributed by atoms with E-state index in [9.17, 15) is 4.79 Å². The van der Waals surface area contributed by atoms with Gasteiger partial charge in [0.2, 0.25) is 0 Å². The van der Waals surface area contributed by atoms with Gasteiger partial charge in [0.1, 0.15) is 11.9 Å². The van der Waals surface area contributed by atoms with Gasteiger partial charge in [-0.2, -0.15) is 0 Å². The van der Waals surface area contributed by atoms with E-state index < -0.39 is 0 Å². The number of rotatable bonds is 3. The van der Waals surface area contributed by atoms with Gasteiger partial charge in [-0.3, -0.25) is 4.79 Å². The Morgan fingerprint density at radius 1 is 1.25 bits per heavy atom. The van der Waals surface area contributed by atoms with Crippen LogP contribution in [0.4, 0.5) is 0 Å². The lowest BCUT2D eigenvalue weighted by Gasteiger charge is -2.43. The lowest BCUT2D eigenvalue weighted by Crippen LogP contribution is -2.41. The van der Waals surface area contributed by atoms with Gasteiger partial charge in [0, 0.05) is 0 Å². The number of hydrogen-bond acceptors (Lipinski definition) is 2. The Labute approximate surface area is 126 Å². The Morgan fingerprint density at radius 2 is 1.90 bits per heavy atom. The van der Waals surface area contributed by atoms with E-state index in [4.69, 9.17) is 11.9 Å². The Morgan fingerprint density at radius 3 is 2.50 bits per heavy atom. The number of hydrogen-bond donors (Lipinski definition) is 0. The SMILES string of the molecule is CC1CCC(C(C)(C)c2ccccc2)C(C(=O)OCl)C1. The number of halogens is 1. The highest BCUT2D eigenvalue weighted by Gasteiger charge is 2.43. The largest absolute Gasteiger partial charge is 0.347 e. The van der Waals surface area contributed by atoms with Crippen LogP contribution in [0.2, 0.25) is 0 Å². The molecule has 1 aliphatic rings. The molecular formula is C17H23ClO2. The van der Waals surface area contributed by atoms with Crippen molar-refractivity contribution >= 4 is 17.8 Å². The number of carbonyl (C=O) groups excluding carboxylic acids is 1. The third-order valence-corrected chi connectivity index (χ3v) is 5.09. The molecule has 2 nitrogen and oxygen atoms in total. The normalized spacial score (nSPS) is 27.1. The quantitative estimate of drug-likeness (QED) is 0.807. The molecule has 3 atom stereocenters. The van der Waals surface area contributed by atoms with Crippen LogP contribution < -0.4 is 0 Å². The van der Waals surface area contributed by atoms with Gasteiger partial charge in [0.05, 0.1) is 5.92 Å². The average Bonchev–Trinajstić information content (AvgIpc) is 2.47. The summed E-state index contributed by atoms with van der Waals surface area (Å²) in [5.41, 5.74) is 1.21. The van der Waals surface area contributed by atoms with Crippen LogP contribution in [0.25, 0.3) is 0 Å². The summed E-state index contributed by atoms with van der Waals surface area (Å²) in [6.45, 7) is 6.63. The Hall–Kier alpha value is -1.02. The molecule has 110 valence electrons. The van der Waals surface area contributed by atoms with Gasteiger partial charge < -0.3 is 4.29 Å². The van der Waals surface area contributed by atoms with Crippen molar-refractivity contribution in [2.45, 2.75) is 45.4 Å². The maximum Gasteiger partial charge on any atom is 0.328 e. The highest BCUT2D eigenvalue weighted by atomic mass is 35.5. The Balaban J connectivity index is 2.30. The van der Waals surface area contributed by atoms with Crippen molar-refractivity contribution in [2.75, 3.05) is 0 Å². The van der Waals surface area contributed by atoms with Crippen molar-refractivity contribution in [1.29, 1.82) is 0 Å². The van der Waals surface area contributed by atoms with Gasteiger partial charge in [0.25, 0.3) is 0 Å². The van der Waals surface area contributed by atoms with Crippen molar-refractivity contribution in [3.63, 3.8) is 0 Å². The molecule has 0 N–H and O–H groups in total. The maximum absolute atomic E-state index is 12.0. The zero-order valence-corrected chi connectivity index (χ0v) is 13.2. The van der Waals surface area contributed by atoms with Crippen molar-refractivity contribution < 1.29 is 9.08 Å². The van der Waals surface area contributed by atoms with Crippen molar-refractivity contribution in [3.05, 3.63) is 35.9 Å². The van der Waals surface area contributed by atoms with E-state index in [0.717, 1.165) is 19.3 Å². The van der Waals surface area contributed by atoms with Crippen LogP contribution in [-0.2, 0) is 14.5 Å². The van der Waals surface area contributed by atoms with Crippen molar-refractivity contribution in [2.24, 2.45) is 17.8 Å². The lowest BCUT2D eigenvalue weighted by molar-refractivity contribution is -0.143. The van der Waals surface area contributed by atoms with Crippen molar-refractivity contribution in [1.82, 2.24) is 0 Å². The summed E-state index contributed by atoms with van der Waals surface area (Å²) in [7, 11) is 0. The minimum Gasteiger partial charge on any atom is -0.347 e. The third kappa shape index (κ3) is 3.01. The monoisotopic (exact) mass is 294 g/mol. The smallest absolute Gasteiger partial charge is 0.328 e. The van der Waals surface area contributed by atoms with Crippen LogP contribution >= 0.6 is 11.9 Å². The lowest BCUT2D eigenvalue weighted by atomic mass is 9.61. The molecule has 0 aliphatic heterocycles. The summed E-state index contributed by atoms with van der Waals surface area (Å²) >= 11 is 5.34. The van der Waals surface area contributed by atoms with Gasteiger partial charge in [-0.25, -0.2) is 0 Å². The molecule has 1 saturated carbocycles. The molecule has 1 fully saturated rings. The molecule has 0 aromatic heterocycles. The molecule has 0 bridgehead atoms. The van der Waals surface area contributed by atoms with Gasteiger partial charge >= 0.3 is 5.97 Å². The second-order valence-electron chi connectivity index (χ2n) is 6.62. The highest BCUT2D eigenvalue weighted by molar-refractivity contribution is 6.13. The molecule has 0 amide bonds. The fourth-order valence-electron chi connectivity index (χ4n) is 3.64. The van der Waals surface area contributed by atoms with Crippen molar-refractivity contribution in [3.8, 4) is 0 Å². The van der Waals surface area contributed by atoms with E-state index in [1.807, 2.05) is 6.07 Å². The molecule has 2 rings (SSSR count). The van der Waals surface area contributed by atoms with Gasteiger partial charge in [-0.15, -0.1) is 0 Å². The number of carbonyl (C=O) groups is 1. The van der Waals surface area contributed by atoms with E-state index >= 15 is 0 Å². The number of benzene rings is 1. The Kier molecular flexibility index (Phi) is 4.74. The first-order valence-corrected chi connectivity index (χ1v) is 7.65. The van der Waals surface area contributed by atoms with Gasteiger partial charge in [-0.05, 0) is 35.7 Å². The predicted octanol–water partition coefficient (Wildman–Crippen LogP) is 4.71. The molecule has 1 aromatic carbocycles. The maximum atomic E-state index is 12.0. The highest BCUT2D eigenvalue weighted by Crippen LogP contribution is 2.46. The fourth-order valence-corrected chi connectivity index (χ4v) is 3.76. The molecule has 0 spiro atoms. The average molecular weight is 295 g/mol. The molecular weight excluding hydrogens is 272 g/mol. The molecule has 0 saturated heterocycles. The molecule has 0 heterocycles. The minimum atomic E-state index is -0.271. The first-order valence-electron chi connectivity index (χ1n) is 7.34. The van der Waals surface area contributed by atoms with Crippen LogP contribution in [0.15, 0.2) is 30.3 Å². The summed E-state index contributed by atoms with van der Waals surface area (Å²) < 4.78 is 4.53. The van der Waals surface area contributed by atoms with Crippen LogP contribution in [0, 0.1) is 17.8 Å². The van der Waals surface area contributed by atoms with Gasteiger partial charge in [0.15, 0.2) is 0 Å². The van der Waals surface area contributed by atoms with Gasteiger partial charge in [-0.1, -0.05) is 57.5 Å². The molecule has 1 aromatic rings. The van der Waals surface area contributed by atoms with E-state index in [2.05, 4.69) is 49.3 Å². The summed E-state index contributed by atoms with van der Waals surface area (Å²) in [6.07, 6.45) is 3.07. The first-order chi connectivity index (χ1) is 9.46. The molecule has 3 heteroatoms. The standard InChI is InChI=1S/C17H23ClO2/c1-12-9-10-15(14(11-12)16(19)20-18)17(2,3)13-7-5-4-6-8-13/h4-8,12,14-15H,9-11H2,1-3H3. The summed E-state index contributed by atoms with van der Waals surface area (Å²) in [5.74, 6) is 0.449. The van der Waals surface area contributed by atoms with E-state index in [1.54, 1.807) is 0 Å². The molecule has 20 heavy (non-hydrogen) atoms. The fraction of sp³-hybridized carbons (Fsp3) is 0.588. The van der Waals surface area contributed by atoms with Crippen LogP contribution in [0.5, 0.6) is 0 Å². The molecule has 1 aliphatic carbocycles. The summed E-state index contributed by atoms with van der Waals surface area (Å²) in [4.78, 5) is 12.0. The minimum absolute atomic E-state index is 0.0584. The predicted molar refractivity (Wildman–Crippen MR) is 81.4 cm³/mol. The van der Waals surface area contributed by atoms with Crippen LogP contribution in [0.1, 0.15) is 45.6 Å². The third-order valence-electron chi connectivity index (χ3n) is 4.94. The topological polar surface area (TPSA) is 26.3 Å². The second kappa shape index (κ2) is 6.17. The first kappa shape index (κ1) is 15.4. The van der Waals surface area contributed by atoms with E-state index in [0.29, 0.717) is 5.92 Å². The van der Waals surface area contributed by atoms with Crippen LogP contribution in [-0.4, -0.2) is 5.97 Å². The zero-order chi connectivity index (χ0) is 14.8. The molecule has 3 unspecified atom stereocenters. The molecule has 0 radical (unpaired) electrons. The Bertz CT molecular complexity index is 455. The second-order valence-corrected chi connectivity index (χ2v) is 6.77. The van der Waals surface area contributed by atoms with E-state index in [1.165, 1.54) is 5.56 Å². The summed E-state index contributed by atoms with van der Waals surface area (Å²) in [5, 5.41) is 0. The van der Waals surface area contributed by atoms with E-state index in [-0.39, 0.29) is 23.2 Å². The summed E-state index contributed by atoms with van der Waals surface area (Å²) in [6, 6.07) is 10.4. The van der Waals surface area contributed by atoms with Crippen LogP contribution in [0.3, 0.4) is 0 Å².